The van der Waals surface area contributed by atoms with Gasteiger partial charge in [-0.15, -0.1) is 11.3 Å². The van der Waals surface area contributed by atoms with E-state index in [0.29, 0.717) is 5.56 Å². The first kappa shape index (κ1) is 14.4. The van der Waals surface area contributed by atoms with Crippen molar-refractivity contribution < 1.29 is 14.3 Å². The molecule has 0 amide bonds. The monoisotopic (exact) mass is 264 g/mol. The van der Waals surface area contributed by atoms with Gasteiger partial charge in [-0.3, -0.25) is 4.79 Å². The minimum atomic E-state index is -0.794. The van der Waals surface area contributed by atoms with Gasteiger partial charge < -0.3 is 4.74 Å². The molecule has 0 unspecified atom stereocenters. The molecule has 0 atom stereocenters. The third-order valence-corrected chi connectivity index (χ3v) is 3.07. The summed E-state index contributed by atoms with van der Waals surface area (Å²) in [6.07, 6.45) is 0. The molecule has 1 aromatic heterocycles. The first-order valence-electron chi connectivity index (χ1n) is 5.91. The van der Waals surface area contributed by atoms with Gasteiger partial charge in [0, 0.05) is 10.3 Å². The highest BCUT2D eigenvalue weighted by Gasteiger charge is 2.17. The summed E-state index contributed by atoms with van der Waals surface area (Å²) in [7, 11) is 0. The molecule has 0 aliphatic heterocycles. The standard InChI is InChI=1S/C12H10O3S.C2H6/c1-2-15-12(14)11(13)9-3-4-10-8(7-9)5-6-16-10;1-2/h3-7H,2H2,1H3;1-2H3. The molecule has 3 nitrogen and oxygen atoms in total. The van der Waals surface area contributed by atoms with E-state index >= 15 is 0 Å². The molecule has 1 heterocycles. The number of thiophene rings is 1. The highest BCUT2D eigenvalue weighted by atomic mass is 32.1. The molecular weight excluding hydrogens is 248 g/mol. The molecule has 96 valence electrons. The Kier molecular flexibility index (Phi) is 5.52. The zero-order chi connectivity index (χ0) is 13.5. The van der Waals surface area contributed by atoms with Gasteiger partial charge >= 0.3 is 5.97 Å². The molecule has 2 aromatic rings. The van der Waals surface area contributed by atoms with Gasteiger partial charge in [0.25, 0.3) is 5.78 Å². The van der Waals surface area contributed by atoms with E-state index in [9.17, 15) is 9.59 Å². The molecule has 0 N–H and O–H groups in total. The fourth-order valence-electron chi connectivity index (χ4n) is 1.42. The van der Waals surface area contributed by atoms with Crippen molar-refractivity contribution in [2.75, 3.05) is 6.61 Å². The summed E-state index contributed by atoms with van der Waals surface area (Å²) in [5.74, 6) is -1.38. The van der Waals surface area contributed by atoms with Crippen LogP contribution >= 0.6 is 11.3 Å². The Balaban J connectivity index is 0.000000771. The maximum absolute atomic E-state index is 11.6. The van der Waals surface area contributed by atoms with E-state index in [1.54, 1.807) is 30.4 Å². The number of esters is 1. The highest BCUT2D eigenvalue weighted by molar-refractivity contribution is 7.17. The number of benzene rings is 1. The lowest BCUT2D eigenvalue weighted by molar-refractivity contribution is -0.137. The van der Waals surface area contributed by atoms with E-state index in [-0.39, 0.29) is 6.61 Å². The number of fused-ring (bicyclic) bond motifs is 1. The van der Waals surface area contributed by atoms with Crippen LogP contribution in [0, 0.1) is 0 Å². The summed E-state index contributed by atoms with van der Waals surface area (Å²) in [4.78, 5) is 22.9. The average Bonchev–Trinajstić information content (AvgIpc) is 2.87. The van der Waals surface area contributed by atoms with Crippen LogP contribution in [-0.2, 0) is 9.53 Å². The van der Waals surface area contributed by atoms with Crippen LogP contribution in [0.1, 0.15) is 31.1 Å². The predicted molar refractivity (Wildman–Crippen MR) is 74.1 cm³/mol. The van der Waals surface area contributed by atoms with E-state index in [4.69, 9.17) is 0 Å². The van der Waals surface area contributed by atoms with Crippen molar-refractivity contribution in [2.45, 2.75) is 20.8 Å². The lowest BCUT2D eigenvalue weighted by Gasteiger charge is -2.00. The summed E-state index contributed by atoms with van der Waals surface area (Å²) in [5.41, 5.74) is 0.379. The molecule has 0 spiro atoms. The van der Waals surface area contributed by atoms with Gasteiger partial charge in [0.15, 0.2) is 0 Å². The lowest BCUT2D eigenvalue weighted by atomic mass is 10.1. The van der Waals surface area contributed by atoms with E-state index in [1.165, 1.54) is 0 Å². The second-order valence-electron chi connectivity index (χ2n) is 3.22. The summed E-state index contributed by atoms with van der Waals surface area (Å²) < 4.78 is 5.76. The number of ether oxygens (including phenoxy) is 1. The molecule has 4 heteroatoms. The molecule has 0 radical (unpaired) electrons. The first-order chi connectivity index (χ1) is 8.72. The second-order valence-corrected chi connectivity index (χ2v) is 4.17. The number of rotatable bonds is 3. The zero-order valence-electron chi connectivity index (χ0n) is 10.7. The Morgan fingerprint density at radius 2 is 1.94 bits per heavy atom. The fraction of sp³-hybridized carbons (Fsp3) is 0.286. The van der Waals surface area contributed by atoms with Gasteiger partial charge in [-0.25, -0.2) is 4.79 Å². The molecule has 0 bridgehead atoms. The number of hydrogen-bond donors (Lipinski definition) is 0. The third-order valence-electron chi connectivity index (χ3n) is 2.18. The van der Waals surface area contributed by atoms with Crippen LogP contribution in [0.3, 0.4) is 0 Å². The number of Topliss-reactive ketones (excluding diaryl/α,β-unsaturated/α-hetero) is 1. The smallest absolute Gasteiger partial charge is 0.379 e. The summed E-state index contributed by atoms with van der Waals surface area (Å²) in [5, 5.41) is 2.92. The SMILES string of the molecule is CC.CCOC(=O)C(=O)c1ccc2sccc2c1. The fourth-order valence-corrected chi connectivity index (χ4v) is 2.19. The first-order valence-corrected chi connectivity index (χ1v) is 6.79. The summed E-state index contributed by atoms with van der Waals surface area (Å²) in [6.45, 7) is 5.89. The Morgan fingerprint density at radius 3 is 2.61 bits per heavy atom. The third kappa shape index (κ3) is 3.17. The van der Waals surface area contributed by atoms with Gasteiger partial charge in [0.2, 0.25) is 0 Å². The summed E-state index contributed by atoms with van der Waals surface area (Å²) in [6, 6.07) is 7.12. The van der Waals surface area contributed by atoms with Crippen LogP contribution in [0.25, 0.3) is 10.1 Å². The second kappa shape index (κ2) is 6.91. The molecule has 0 fully saturated rings. The van der Waals surface area contributed by atoms with Crippen LogP contribution < -0.4 is 0 Å². The van der Waals surface area contributed by atoms with Crippen molar-refractivity contribution in [1.29, 1.82) is 0 Å². The van der Waals surface area contributed by atoms with Crippen LogP contribution in [0.2, 0.25) is 0 Å². The lowest BCUT2D eigenvalue weighted by Crippen LogP contribution is -2.17. The largest absolute Gasteiger partial charge is 0.460 e. The molecule has 2 rings (SSSR count). The van der Waals surface area contributed by atoms with Gasteiger partial charge in [-0.1, -0.05) is 13.8 Å². The average molecular weight is 264 g/mol. The van der Waals surface area contributed by atoms with Gasteiger partial charge in [-0.2, -0.15) is 0 Å². The Hall–Kier alpha value is -1.68. The van der Waals surface area contributed by atoms with Crippen LogP contribution in [0.5, 0.6) is 0 Å². The molecule has 1 aromatic carbocycles. The zero-order valence-corrected chi connectivity index (χ0v) is 11.5. The number of carbonyl (C=O) groups excluding carboxylic acids is 2. The molecule has 0 aliphatic carbocycles. The minimum absolute atomic E-state index is 0.214. The molecule has 0 aliphatic rings. The van der Waals surface area contributed by atoms with Crippen molar-refractivity contribution in [3.05, 3.63) is 35.2 Å². The van der Waals surface area contributed by atoms with Gasteiger partial charge in [-0.05, 0) is 42.0 Å². The van der Waals surface area contributed by atoms with E-state index in [0.717, 1.165) is 10.1 Å². The quantitative estimate of drug-likeness (QED) is 0.482. The molecular formula is C14H16O3S. The van der Waals surface area contributed by atoms with Crippen LogP contribution in [0.15, 0.2) is 29.6 Å². The maximum atomic E-state index is 11.6. The van der Waals surface area contributed by atoms with Gasteiger partial charge in [0.1, 0.15) is 0 Å². The normalized spacial score (nSPS) is 9.50. The highest BCUT2D eigenvalue weighted by Crippen LogP contribution is 2.22. The van der Waals surface area contributed by atoms with Crippen molar-refractivity contribution in [2.24, 2.45) is 0 Å². The Morgan fingerprint density at radius 1 is 1.22 bits per heavy atom. The van der Waals surface area contributed by atoms with Crippen LogP contribution in [0.4, 0.5) is 0 Å². The Labute approximate surface area is 110 Å². The van der Waals surface area contributed by atoms with E-state index < -0.39 is 11.8 Å². The van der Waals surface area contributed by atoms with E-state index in [1.807, 2.05) is 31.4 Å². The van der Waals surface area contributed by atoms with Crippen molar-refractivity contribution in [3.63, 3.8) is 0 Å². The number of ketones is 1. The predicted octanol–water partition coefficient (Wildman–Crippen LogP) is 3.67. The number of carbonyl (C=O) groups is 2. The topological polar surface area (TPSA) is 43.4 Å². The summed E-state index contributed by atoms with van der Waals surface area (Å²) >= 11 is 1.60. The van der Waals surface area contributed by atoms with Gasteiger partial charge in [0.05, 0.1) is 6.61 Å². The molecule has 0 saturated carbocycles. The molecule has 18 heavy (non-hydrogen) atoms. The van der Waals surface area contributed by atoms with Crippen molar-refractivity contribution >= 4 is 33.2 Å². The van der Waals surface area contributed by atoms with Crippen molar-refractivity contribution in [3.8, 4) is 0 Å². The van der Waals surface area contributed by atoms with Crippen LogP contribution in [-0.4, -0.2) is 18.4 Å². The van der Waals surface area contributed by atoms with Crippen molar-refractivity contribution in [1.82, 2.24) is 0 Å². The maximum Gasteiger partial charge on any atom is 0.379 e. The minimum Gasteiger partial charge on any atom is -0.460 e. The number of hydrogen-bond acceptors (Lipinski definition) is 4. The van der Waals surface area contributed by atoms with E-state index in [2.05, 4.69) is 4.74 Å². The Bertz CT molecular complexity index is 543. The molecule has 0 saturated heterocycles.